The molecule has 0 aromatic heterocycles. The number of amides is 1. The predicted octanol–water partition coefficient (Wildman–Crippen LogP) is 2.62. The van der Waals surface area contributed by atoms with Gasteiger partial charge in [0.1, 0.15) is 6.54 Å². The molecule has 0 bridgehead atoms. The van der Waals surface area contributed by atoms with Crippen LogP contribution in [-0.2, 0) is 14.8 Å². The van der Waals surface area contributed by atoms with Crippen molar-refractivity contribution in [3.63, 3.8) is 0 Å². The molecule has 7 heteroatoms. The number of carbonyl (C=O) groups is 1. The molecule has 0 unspecified atom stereocenters. The van der Waals surface area contributed by atoms with Gasteiger partial charge in [-0.1, -0.05) is 24.6 Å². The molecule has 28 heavy (non-hydrogen) atoms. The molecule has 0 radical (unpaired) electrons. The summed E-state index contributed by atoms with van der Waals surface area (Å²) in [4.78, 5) is 14.9. The fourth-order valence-corrected chi connectivity index (χ4v) is 4.90. The van der Waals surface area contributed by atoms with Crippen molar-refractivity contribution in [2.45, 2.75) is 47.0 Å². The van der Waals surface area contributed by atoms with Gasteiger partial charge in [-0.15, -0.1) is 0 Å². The average molecular weight is 410 g/mol. The summed E-state index contributed by atoms with van der Waals surface area (Å²) >= 11 is 0. The molecule has 1 aromatic rings. The van der Waals surface area contributed by atoms with E-state index in [0.29, 0.717) is 12.2 Å². The van der Waals surface area contributed by atoms with Crippen molar-refractivity contribution in [1.29, 1.82) is 0 Å². The van der Waals surface area contributed by atoms with Crippen molar-refractivity contribution in [1.82, 2.24) is 10.2 Å². The first-order chi connectivity index (χ1) is 13.1. The first-order valence-corrected chi connectivity index (χ1v) is 12.0. The van der Waals surface area contributed by atoms with Gasteiger partial charge in [-0.25, -0.2) is 8.42 Å². The minimum Gasteiger partial charge on any atom is -0.354 e. The lowest BCUT2D eigenvalue weighted by molar-refractivity contribution is -0.119. The third-order valence-electron chi connectivity index (χ3n) is 5.42. The Morgan fingerprint density at radius 2 is 1.75 bits per heavy atom. The van der Waals surface area contributed by atoms with Gasteiger partial charge in [0.05, 0.1) is 11.9 Å². The monoisotopic (exact) mass is 409 g/mol. The summed E-state index contributed by atoms with van der Waals surface area (Å²) in [6.07, 6.45) is 4.51. The number of hydrogen-bond acceptors (Lipinski definition) is 4. The molecule has 1 aliphatic rings. The van der Waals surface area contributed by atoms with Crippen LogP contribution in [0.4, 0.5) is 5.69 Å². The van der Waals surface area contributed by atoms with Crippen LogP contribution in [0.1, 0.15) is 42.9 Å². The lowest BCUT2D eigenvalue weighted by Gasteiger charge is -2.30. The highest BCUT2D eigenvalue weighted by Gasteiger charge is 2.24. The van der Waals surface area contributed by atoms with Crippen LogP contribution in [0, 0.1) is 26.7 Å². The Morgan fingerprint density at radius 1 is 1.18 bits per heavy atom. The topological polar surface area (TPSA) is 69.7 Å². The lowest BCUT2D eigenvalue weighted by atomic mass is 9.99. The van der Waals surface area contributed by atoms with Crippen molar-refractivity contribution in [2.24, 2.45) is 5.92 Å². The predicted molar refractivity (Wildman–Crippen MR) is 115 cm³/mol. The van der Waals surface area contributed by atoms with Gasteiger partial charge in [0.25, 0.3) is 0 Å². The number of piperidine rings is 1. The first kappa shape index (κ1) is 22.7. The van der Waals surface area contributed by atoms with Gasteiger partial charge in [-0.3, -0.25) is 9.10 Å². The van der Waals surface area contributed by atoms with Gasteiger partial charge >= 0.3 is 0 Å². The van der Waals surface area contributed by atoms with Crippen LogP contribution < -0.4 is 9.62 Å². The molecule has 0 saturated carbocycles. The van der Waals surface area contributed by atoms with Gasteiger partial charge in [-0.05, 0) is 76.7 Å². The molecular weight excluding hydrogens is 374 g/mol. The zero-order valence-corrected chi connectivity index (χ0v) is 18.7. The second kappa shape index (κ2) is 9.74. The van der Waals surface area contributed by atoms with Gasteiger partial charge in [0.15, 0.2) is 0 Å². The van der Waals surface area contributed by atoms with Gasteiger partial charge in [0, 0.05) is 6.54 Å². The van der Waals surface area contributed by atoms with Crippen molar-refractivity contribution >= 4 is 21.6 Å². The number of benzene rings is 1. The Kier molecular flexibility index (Phi) is 7.89. The lowest BCUT2D eigenvalue weighted by Crippen LogP contribution is -2.42. The van der Waals surface area contributed by atoms with Crippen molar-refractivity contribution in [3.8, 4) is 0 Å². The highest BCUT2D eigenvalue weighted by molar-refractivity contribution is 7.92. The number of nitrogens with one attached hydrogen (secondary N) is 1. The highest BCUT2D eigenvalue weighted by atomic mass is 32.2. The number of anilines is 1. The number of carbonyl (C=O) groups excluding carboxylic acids is 1. The van der Waals surface area contributed by atoms with Crippen molar-refractivity contribution in [3.05, 3.63) is 28.8 Å². The molecule has 1 amide bonds. The number of rotatable bonds is 8. The molecule has 1 saturated heterocycles. The molecule has 1 heterocycles. The molecule has 0 atom stereocenters. The molecule has 158 valence electrons. The van der Waals surface area contributed by atoms with E-state index in [-0.39, 0.29) is 12.5 Å². The number of aryl methyl sites for hydroxylation is 3. The summed E-state index contributed by atoms with van der Waals surface area (Å²) in [5.41, 5.74) is 3.39. The maximum Gasteiger partial charge on any atom is 0.240 e. The third-order valence-corrected chi connectivity index (χ3v) is 6.53. The molecule has 0 aliphatic carbocycles. The standard InChI is InChI=1S/C21H35N3O3S/c1-16-7-11-23(12-8-16)10-6-9-22-20(25)15-24(28(5,26)27)21-18(3)13-17(2)14-19(21)4/h13-14,16H,6-12,15H2,1-5H3,(H,22,25). The smallest absolute Gasteiger partial charge is 0.240 e. The second-order valence-electron chi connectivity index (χ2n) is 8.24. The average Bonchev–Trinajstić information content (AvgIpc) is 2.57. The van der Waals surface area contributed by atoms with Crippen LogP contribution >= 0.6 is 0 Å². The van der Waals surface area contributed by atoms with E-state index in [0.717, 1.165) is 54.9 Å². The first-order valence-electron chi connectivity index (χ1n) is 10.1. The zero-order chi connectivity index (χ0) is 20.9. The third kappa shape index (κ3) is 6.48. The molecule has 6 nitrogen and oxygen atoms in total. The summed E-state index contributed by atoms with van der Waals surface area (Å²) < 4.78 is 25.9. The van der Waals surface area contributed by atoms with Gasteiger partial charge in [-0.2, -0.15) is 0 Å². The van der Waals surface area contributed by atoms with E-state index in [1.54, 1.807) is 0 Å². The van der Waals surface area contributed by atoms with E-state index < -0.39 is 10.0 Å². The maximum absolute atomic E-state index is 12.4. The largest absolute Gasteiger partial charge is 0.354 e. The maximum atomic E-state index is 12.4. The summed E-state index contributed by atoms with van der Waals surface area (Å²) in [5, 5.41) is 2.88. The Morgan fingerprint density at radius 3 is 2.29 bits per heavy atom. The van der Waals surface area contributed by atoms with Crippen molar-refractivity contribution < 1.29 is 13.2 Å². The summed E-state index contributed by atoms with van der Waals surface area (Å²) in [6, 6.07) is 3.88. The summed E-state index contributed by atoms with van der Waals surface area (Å²) in [5.74, 6) is 0.545. The van der Waals surface area contributed by atoms with E-state index in [1.807, 2.05) is 32.9 Å². The van der Waals surface area contributed by atoms with E-state index in [1.165, 1.54) is 17.1 Å². The van der Waals surface area contributed by atoms with E-state index in [2.05, 4.69) is 17.1 Å². The Labute approximate surface area is 170 Å². The SMILES string of the molecule is Cc1cc(C)c(N(CC(=O)NCCCN2CCC(C)CC2)S(C)(=O)=O)c(C)c1. The van der Waals surface area contributed by atoms with E-state index >= 15 is 0 Å². The van der Waals surface area contributed by atoms with Crippen LogP contribution in [0.2, 0.25) is 0 Å². The minimum atomic E-state index is -3.56. The second-order valence-corrected chi connectivity index (χ2v) is 10.2. The molecule has 0 spiro atoms. The zero-order valence-electron chi connectivity index (χ0n) is 17.9. The summed E-state index contributed by atoms with van der Waals surface area (Å²) in [7, 11) is -3.56. The summed E-state index contributed by atoms with van der Waals surface area (Å²) in [6.45, 7) is 11.6. The number of nitrogens with zero attached hydrogens (tertiary/aromatic N) is 2. The van der Waals surface area contributed by atoms with Crippen molar-refractivity contribution in [2.75, 3.05) is 43.3 Å². The van der Waals surface area contributed by atoms with E-state index in [9.17, 15) is 13.2 Å². The van der Waals surface area contributed by atoms with Crippen LogP contribution in [-0.4, -0.2) is 58.2 Å². The van der Waals surface area contributed by atoms with Crippen LogP contribution in [0.15, 0.2) is 12.1 Å². The Balaban J connectivity index is 1.92. The quantitative estimate of drug-likeness (QED) is 0.670. The number of sulfonamides is 1. The van der Waals surface area contributed by atoms with Crippen LogP contribution in [0.3, 0.4) is 0 Å². The number of likely N-dealkylation sites (tertiary alicyclic amines) is 1. The number of hydrogen-bond donors (Lipinski definition) is 1. The molecule has 2 rings (SSSR count). The van der Waals surface area contributed by atoms with E-state index in [4.69, 9.17) is 0 Å². The van der Waals surface area contributed by atoms with Gasteiger partial charge < -0.3 is 10.2 Å². The highest BCUT2D eigenvalue weighted by Crippen LogP contribution is 2.28. The molecule has 1 aliphatic heterocycles. The normalized spacial score (nSPS) is 16.2. The Bertz CT molecular complexity index is 761. The fourth-order valence-electron chi connectivity index (χ4n) is 3.93. The molecular formula is C21H35N3O3S. The molecule has 1 fully saturated rings. The molecule has 1 N–H and O–H groups in total. The van der Waals surface area contributed by atoms with Crippen LogP contribution in [0.5, 0.6) is 0 Å². The van der Waals surface area contributed by atoms with Gasteiger partial charge in [0.2, 0.25) is 15.9 Å². The molecule has 1 aromatic carbocycles. The fraction of sp³-hybridized carbons (Fsp3) is 0.667. The Hall–Kier alpha value is -1.60. The van der Waals surface area contributed by atoms with Crippen LogP contribution in [0.25, 0.3) is 0 Å². The minimum absolute atomic E-state index is 0.190.